The lowest BCUT2D eigenvalue weighted by Gasteiger charge is -2.30. The van der Waals surface area contributed by atoms with Crippen LogP contribution in [0.3, 0.4) is 0 Å². The summed E-state index contributed by atoms with van der Waals surface area (Å²) in [5.41, 5.74) is 2.72. The van der Waals surface area contributed by atoms with Crippen molar-refractivity contribution in [2.75, 3.05) is 0 Å². The quantitative estimate of drug-likeness (QED) is 0.135. The van der Waals surface area contributed by atoms with Crippen LogP contribution >= 0.6 is 23.5 Å². The van der Waals surface area contributed by atoms with E-state index in [0.717, 1.165) is 32.0 Å². The first-order chi connectivity index (χ1) is 18.4. The van der Waals surface area contributed by atoms with Gasteiger partial charge in [-0.15, -0.1) is 23.5 Å². The Hall–Kier alpha value is -2.12. The molecule has 0 aliphatic rings. The van der Waals surface area contributed by atoms with Crippen molar-refractivity contribution in [3.8, 4) is 11.5 Å². The number of esters is 1. The van der Waals surface area contributed by atoms with Crippen LogP contribution in [0.5, 0.6) is 11.5 Å². The molecule has 7 heteroatoms. The molecule has 2 N–H and O–H groups in total. The van der Waals surface area contributed by atoms with Gasteiger partial charge in [0.05, 0.1) is 17.4 Å². The Morgan fingerprint density at radius 3 is 1.34 bits per heavy atom. The number of carbonyl (C=O) groups is 2. The third-order valence-corrected chi connectivity index (χ3v) is 9.00. The maximum atomic E-state index is 12.6. The molecule has 0 radical (unpaired) electrons. The van der Waals surface area contributed by atoms with Gasteiger partial charge in [-0.2, -0.15) is 0 Å². The highest BCUT2D eigenvalue weighted by atomic mass is 32.2. The van der Waals surface area contributed by atoms with Crippen LogP contribution in [-0.2, 0) is 31.2 Å². The zero-order valence-corrected chi connectivity index (χ0v) is 28.9. The first-order valence-electron chi connectivity index (χ1n) is 14.2. The van der Waals surface area contributed by atoms with E-state index < -0.39 is 11.9 Å². The van der Waals surface area contributed by atoms with Crippen molar-refractivity contribution in [1.29, 1.82) is 0 Å². The lowest BCUT2D eigenvalue weighted by atomic mass is 9.79. The average Bonchev–Trinajstić information content (AvgIpc) is 2.76. The van der Waals surface area contributed by atoms with Crippen molar-refractivity contribution < 1.29 is 24.5 Å². The number of phenolic OH excluding ortho intramolecular Hbond substituents is 1. The first-order valence-corrected chi connectivity index (χ1v) is 16.0. The number of rotatable bonds is 8. The molecular formula is C34H50O5S2. The summed E-state index contributed by atoms with van der Waals surface area (Å²) in [7, 11) is 0. The molecule has 1 unspecified atom stereocenters. The number of hydrogen-bond acceptors (Lipinski definition) is 6. The Morgan fingerprint density at radius 2 is 1.02 bits per heavy atom. The summed E-state index contributed by atoms with van der Waals surface area (Å²) in [6.07, 6.45) is -0.436. The van der Waals surface area contributed by atoms with Crippen LogP contribution in [-0.4, -0.2) is 26.7 Å². The first kappa shape index (κ1) is 35.1. The van der Waals surface area contributed by atoms with Gasteiger partial charge in [0.15, 0.2) is 0 Å². The molecule has 1 atom stereocenters. The van der Waals surface area contributed by atoms with Crippen LogP contribution in [0.1, 0.15) is 125 Å². The van der Waals surface area contributed by atoms with E-state index in [2.05, 4.69) is 114 Å². The number of aromatic hydroxyl groups is 1. The van der Waals surface area contributed by atoms with Crippen LogP contribution in [0.2, 0.25) is 0 Å². The van der Waals surface area contributed by atoms with Gasteiger partial charge in [-0.25, -0.2) is 0 Å². The molecule has 5 nitrogen and oxygen atoms in total. The monoisotopic (exact) mass is 602 g/mol. The van der Waals surface area contributed by atoms with Gasteiger partial charge in [0.2, 0.25) is 0 Å². The van der Waals surface area contributed by atoms with E-state index in [1.54, 1.807) is 23.5 Å². The molecule has 0 aliphatic heterocycles. The summed E-state index contributed by atoms with van der Waals surface area (Å²) < 4.78 is 6.05. The van der Waals surface area contributed by atoms with Crippen LogP contribution in [0, 0.1) is 0 Å². The summed E-state index contributed by atoms with van der Waals surface area (Å²) in [5.74, 6) is -0.643. The van der Waals surface area contributed by atoms with Crippen molar-refractivity contribution in [2.24, 2.45) is 0 Å². The average molecular weight is 603 g/mol. The van der Waals surface area contributed by atoms with Gasteiger partial charge >= 0.3 is 11.9 Å². The fourth-order valence-electron chi connectivity index (χ4n) is 4.50. The Balaban J connectivity index is 2.53. The Bertz CT molecular complexity index is 1200. The second-order valence-corrected chi connectivity index (χ2v) is 18.0. The Labute approximate surface area is 256 Å². The minimum absolute atomic E-state index is 0.157. The number of hydrogen-bond donors (Lipinski definition) is 2. The van der Waals surface area contributed by atoms with Gasteiger partial charge in [-0.05, 0) is 52.8 Å². The van der Waals surface area contributed by atoms with Gasteiger partial charge in [-0.1, -0.05) is 83.1 Å². The number of carbonyl (C=O) groups excluding carboxylic acids is 1. The lowest BCUT2D eigenvalue weighted by Crippen LogP contribution is -2.22. The van der Waals surface area contributed by atoms with Crippen molar-refractivity contribution >= 4 is 35.5 Å². The van der Waals surface area contributed by atoms with Crippen LogP contribution in [0.25, 0.3) is 0 Å². The number of aliphatic carboxylic acids is 1. The lowest BCUT2D eigenvalue weighted by molar-refractivity contribution is -0.142. The summed E-state index contributed by atoms with van der Waals surface area (Å²) in [5, 5.41) is 20.2. The molecule has 0 aliphatic carbocycles. The number of phenols is 1. The number of carboxylic acids is 1. The largest absolute Gasteiger partial charge is 0.507 e. The van der Waals surface area contributed by atoms with E-state index in [4.69, 9.17) is 9.84 Å². The van der Waals surface area contributed by atoms with Crippen molar-refractivity contribution in [1.82, 2.24) is 0 Å². The second kappa shape index (κ2) is 12.6. The highest BCUT2D eigenvalue weighted by molar-refractivity contribution is 8.17. The molecule has 0 heterocycles. The van der Waals surface area contributed by atoms with E-state index in [0.29, 0.717) is 11.5 Å². The van der Waals surface area contributed by atoms with Crippen molar-refractivity contribution in [3.63, 3.8) is 0 Å². The molecular weight excluding hydrogens is 553 g/mol. The predicted octanol–water partition coefficient (Wildman–Crippen LogP) is 9.58. The summed E-state index contributed by atoms with van der Waals surface area (Å²) >= 11 is 3.52. The number of carboxylic acid groups (broad SMARTS) is 1. The van der Waals surface area contributed by atoms with E-state index >= 15 is 0 Å². The minimum Gasteiger partial charge on any atom is -0.507 e. The molecule has 228 valence electrons. The zero-order valence-electron chi connectivity index (χ0n) is 27.2. The normalized spacial score (nSPS) is 13.7. The van der Waals surface area contributed by atoms with Crippen LogP contribution in [0.15, 0.2) is 34.1 Å². The molecule has 0 saturated heterocycles. The number of ether oxygens (including phenoxy) is 1. The Morgan fingerprint density at radius 1 is 0.683 bits per heavy atom. The predicted molar refractivity (Wildman–Crippen MR) is 173 cm³/mol. The summed E-state index contributed by atoms with van der Waals surface area (Å²) in [4.78, 5) is 25.9. The van der Waals surface area contributed by atoms with E-state index in [9.17, 15) is 14.7 Å². The van der Waals surface area contributed by atoms with Gasteiger partial charge < -0.3 is 14.9 Å². The highest BCUT2D eigenvalue weighted by Crippen LogP contribution is 2.47. The van der Waals surface area contributed by atoms with E-state index in [-0.39, 0.29) is 39.1 Å². The molecule has 2 aromatic carbocycles. The topological polar surface area (TPSA) is 83.8 Å². The maximum absolute atomic E-state index is 12.6. The molecule has 0 bridgehead atoms. The second-order valence-electron chi connectivity index (χ2n) is 14.9. The summed E-state index contributed by atoms with van der Waals surface area (Å²) in [6.45, 7) is 27.5. The van der Waals surface area contributed by atoms with Gasteiger partial charge in [0.1, 0.15) is 11.5 Å². The Kier molecular flexibility index (Phi) is 10.8. The SMILES string of the molecule is CC(Sc1cc(C(C)(C)C)c(O)c(C(C)(C)C)c1)Sc1cc(C(C)(C)C)c(OC(=O)CCC(=O)O)c(C(C)(C)C)c1. The molecule has 2 aromatic rings. The molecule has 0 spiro atoms. The van der Waals surface area contributed by atoms with Gasteiger partial charge in [0, 0.05) is 32.0 Å². The van der Waals surface area contributed by atoms with Gasteiger partial charge in [-0.3, -0.25) is 9.59 Å². The van der Waals surface area contributed by atoms with E-state index in [1.807, 2.05) is 0 Å². The number of benzene rings is 2. The molecule has 0 fully saturated rings. The van der Waals surface area contributed by atoms with Crippen molar-refractivity contribution in [3.05, 3.63) is 46.5 Å². The molecule has 0 saturated carbocycles. The smallest absolute Gasteiger partial charge is 0.311 e. The van der Waals surface area contributed by atoms with Gasteiger partial charge in [0.25, 0.3) is 0 Å². The minimum atomic E-state index is -1.02. The zero-order chi connectivity index (χ0) is 31.7. The van der Waals surface area contributed by atoms with Crippen LogP contribution in [0.4, 0.5) is 0 Å². The third kappa shape index (κ3) is 9.71. The fourth-order valence-corrected chi connectivity index (χ4v) is 6.86. The molecule has 41 heavy (non-hydrogen) atoms. The molecule has 2 rings (SSSR count). The maximum Gasteiger partial charge on any atom is 0.311 e. The van der Waals surface area contributed by atoms with E-state index in [1.165, 1.54) is 0 Å². The van der Waals surface area contributed by atoms with Crippen molar-refractivity contribution in [2.45, 2.75) is 139 Å². The number of thioether (sulfide) groups is 2. The highest BCUT2D eigenvalue weighted by Gasteiger charge is 2.31. The van der Waals surface area contributed by atoms with Crippen LogP contribution < -0.4 is 4.74 Å². The molecule has 0 amide bonds. The standard InChI is InChI=1S/C34H50O5S2/c1-20(40-21-16-23(31(2,3)4)29(38)24(17-21)32(5,6)7)41-22-18-25(33(8,9)10)30(26(19-22)34(11,12)13)39-28(37)15-14-27(35)36/h16-20,38H,14-15H2,1-13H3,(H,35,36). The molecule has 0 aromatic heterocycles. The summed E-state index contributed by atoms with van der Waals surface area (Å²) in [6, 6.07) is 8.45. The fraction of sp³-hybridized carbons (Fsp3) is 0.588. The third-order valence-electron chi connectivity index (χ3n) is 6.74.